The minimum absolute atomic E-state index is 0.145. The van der Waals surface area contributed by atoms with Crippen LogP contribution in [0.2, 0.25) is 0 Å². The van der Waals surface area contributed by atoms with Gasteiger partial charge in [0.05, 0.1) is 7.11 Å². The first kappa shape index (κ1) is 15.8. The van der Waals surface area contributed by atoms with E-state index in [-0.39, 0.29) is 11.5 Å². The van der Waals surface area contributed by atoms with E-state index < -0.39 is 5.60 Å². The van der Waals surface area contributed by atoms with Crippen LogP contribution in [0.5, 0.6) is 5.75 Å². The van der Waals surface area contributed by atoms with Crippen LogP contribution in [0, 0.1) is 18.3 Å². The maximum Gasteiger partial charge on any atom is 0.122 e. The van der Waals surface area contributed by atoms with Crippen LogP contribution in [-0.4, -0.2) is 37.3 Å². The molecule has 0 heterocycles. The molecule has 4 atom stereocenters. The molecule has 2 aliphatic carbocycles. The largest absolute Gasteiger partial charge is 0.496 e. The van der Waals surface area contributed by atoms with Crippen molar-refractivity contribution >= 4 is 0 Å². The van der Waals surface area contributed by atoms with E-state index in [0.29, 0.717) is 5.92 Å². The van der Waals surface area contributed by atoms with E-state index in [9.17, 15) is 5.11 Å². The van der Waals surface area contributed by atoms with Crippen molar-refractivity contribution in [2.75, 3.05) is 21.2 Å². The van der Waals surface area contributed by atoms with E-state index in [0.717, 1.165) is 23.3 Å². The molecule has 0 saturated heterocycles. The summed E-state index contributed by atoms with van der Waals surface area (Å²) < 4.78 is 5.49. The van der Waals surface area contributed by atoms with Gasteiger partial charge in [-0.05, 0) is 75.2 Å². The zero-order valence-corrected chi connectivity index (χ0v) is 14.5. The molecule has 2 saturated carbocycles. The number of fused-ring (bicyclic) bond motifs is 2. The highest BCUT2D eigenvalue weighted by molar-refractivity contribution is 5.40. The summed E-state index contributed by atoms with van der Waals surface area (Å²) in [6, 6.07) is 6.34. The molecule has 2 fully saturated rings. The van der Waals surface area contributed by atoms with Crippen LogP contribution in [0.1, 0.15) is 43.7 Å². The molecular weight excluding hydrogens is 274 g/mol. The minimum Gasteiger partial charge on any atom is -0.496 e. The average molecular weight is 303 g/mol. The molecule has 22 heavy (non-hydrogen) atoms. The Morgan fingerprint density at radius 3 is 2.64 bits per heavy atom. The number of nitrogens with zero attached hydrogens (tertiary/aromatic N) is 1. The Hall–Kier alpha value is -1.06. The summed E-state index contributed by atoms with van der Waals surface area (Å²) in [5.74, 6) is 1.50. The van der Waals surface area contributed by atoms with E-state index in [4.69, 9.17) is 4.74 Å². The highest BCUT2D eigenvalue weighted by atomic mass is 16.5. The molecule has 3 nitrogen and oxygen atoms in total. The fourth-order valence-corrected chi connectivity index (χ4v) is 5.36. The molecule has 3 heteroatoms. The Morgan fingerprint density at radius 2 is 2.00 bits per heavy atom. The third kappa shape index (κ3) is 2.26. The molecule has 122 valence electrons. The second-order valence-electron chi connectivity index (χ2n) is 7.94. The van der Waals surface area contributed by atoms with Crippen molar-refractivity contribution in [1.82, 2.24) is 4.90 Å². The summed E-state index contributed by atoms with van der Waals surface area (Å²) in [7, 11) is 5.90. The fraction of sp³-hybridized carbons (Fsp3) is 0.684. The Balaban J connectivity index is 2.09. The minimum atomic E-state index is -0.793. The van der Waals surface area contributed by atoms with Crippen molar-refractivity contribution in [3.05, 3.63) is 29.3 Å². The van der Waals surface area contributed by atoms with Crippen LogP contribution in [0.3, 0.4) is 0 Å². The van der Waals surface area contributed by atoms with Crippen molar-refractivity contribution in [3.63, 3.8) is 0 Å². The number of likely N-dealkylation sites (N-methyl/N-ethyl adjacent to an activating group) is 1. The quantitative estimate of drug-likeness (QED) is 0.929. The van der Waals surface area contributed by atoms with Crippen molar-refractivity contribution in [1.29, 1.82) is 0 Å². The second-order valence-corrected chi connectivity index (χ2v) is 7.94. The first-order valence-corrected chi connectivity index (χ1v) is 8.34. The zero-order valence-electron chi connectivity index (χ0n) is 14.5. The Morgan fingerprint density at radius 1 is 1.27 bits per heavy atom. The monoisotopic (exact) mass is 303 g/mol. The third-order valence-electron chi connectivity index (χ3n) is 6.02. The van der Waals surface area contributed by atoms with Crippen molar-refractivity contribution < 1.29 is 9.84 Å². The predicted molar refractivity (Wildman–Crippen MR) is 89.2 cm³/mol. The maximum absolute atomic E-state index is 11.7. The Bertz CT molecular complexity index is 571. The van der Waals surface area contributed by atoms with E-state index in [1.54, 1.807) is 7.11 Å². The van der Waals surface area contributed by atoms with Gasteiger partial charge in [-0.25, -0.2) is 0 Å². The molecule has 3 rings (SSSR count). The summed E-state index contributed by atoms with van der Waals surface area (Å²) in [5.41, 5.74) is 1.52. The summed E-state index contributed by atoms with van der Waals surface area (Å²) >= 11 is 0. The highest BCUT2D eigenvalue weighted by Crippen LogP contribution is 2.58. The number of rotatable bonds is 3. The van der Waals surface area contributed by atoms with E-state index in [1.165, 1.54) is 19.3 Å². The van der Waals surface area contributed by atoms with Gasteiger partial charge >= 0.3 is 0 Å². The van der Waals surface area contributed by atoms with Gasteiger partial charge < -0.3 is 14.7 Å². The number of benzene rings is 1. The lowest BCUT2D eigenvalue weighted by Crippen LogP contribution is -2.58. The van der Waals surface area contributed by atoms with Gasteiger partial charge in [-0.15, -0.1) is 0 Å². The number of methoxy groups -OCH3 is 1. The molecule has 1 aromatic rings. The van der Waals surface area contributed by atoms with E-state index in [2.05, 4.69) is 38.1 Å². The van der Waals surface area contributed by atoms with Crippen molar-refractivity contribution in [3.8, 4) is 5.75 Å². The van der Waals surface area contributed by atoms with Crippen LogP contribution in [0.4, 0.5) is 0 Å². The molecule has 0 amide bonds. The Labute approximate surface area is 134 Å². The van der Waals surface area contributed by atoms with Crippen LogP contribution in [-0.2, 0) is 5.60 Å². The van der Waals surface area contributed by atoms with Gasteiger partial charge in [-0.2, -0.15) is 0 Å². The van der Waals surface area contributed by atoms with Crippen molar-refractivity contribution in [2.45, 2.75) is 51.2 Å². The SMILES string of the molecule is COc1cc(C2(O)CC3CCC(C)(C3)C2N(C)C)ccc1C. The number of hydrogen-bond acceptors (Lipinski definition) is 3. The lowest BCUT2D eigenvalue weighted by Gasteiger charge is -2.52. The number of aryl methyl sites for hydroxylation is 1. The zero-order chi connectivity index (χ0) is 16.1. The highest BCUT2D eigenvalue weighted by Gasteiger charge is 2.58. The lowest BCUT2D eigenvalue weighted by atomic mass is 9.62. The molecule has 0 aliphatic heterocycles. The normalized spacial score (nSPS) is 37.6. The summed E-state index contributed by atoms with van der Waals surface area (Å²) in [4.78, 5) is 2.23. The molecule has 0 aromatic heterocycles. The van der Waals surface area contributed by atoms with Crippen molar-refractivity contribution in [2.24, 2.45) is 11.3 Å². The number of aliphatic hydroxyl groups is 1. The first-order chi connectivity index (χ1) is 10.3. The van der Waals surface area contributed by atoms with Crippen LogP contribution >= 0.6 is 0 Å². The first-order valence-electron chi connectivity index (χ1n) is 8.34. The molecule has 2 aliphatic rings. The van der Waals surface area contributed by atoms with Gasteiger partial charge in [0.1, 0.15) is 11.4 Å². The third-order valence-corrected chi connectivity index (χ3v) is 6.02. The van der Waals surface area contributed by atoms with Crippen LogP contribution in [0.25, 0.3) is 0 Å². The standard InChI is InChI=1S/C19H29NO2/c1-13-6-7-15(10-16(13)22-5)19(21)12-14-8-9-18(2,11-14)17(19)20(3)4/h6-7,10,14,17,21H,8-9,11-12H2,1-5H3. The van der Waals surface area contributed by atoms with E-state index >= 15 is 0 Å². The molecule has 0 radical (unpaired) electrons. The van der Waals surface area contributed by atoms with E-state index in [1.807, 2.05) is 13.0 Å². The van der Waals surface area contributed by atoms with Gasteiger partial charge in [-0.1, -0.05) is 19.1 Å². The molecular formula is C19H29NO2. The predicted octanol–water partition coefficient (Wildman–Crippen LogP) is 3.33. The Kier molecular flexibility index (Phi) is 3.77. The van der Waals surface area contributed by atoms with Crippen LogP contribution < -0.4 is 4.74 Å². The molecule has 1 aromatic carbocycles. The second kappa shape index (κ2) is 5.24. The lowest BCUT2D eigenvalue weighted by molar-refractivity contribution is -0.121. The van der Waals surface area contributed by atoms with Gasteiger partial charge in [-0.3, -0.25) is 0 Å². The maximum atomic E-state index is 11.7. The van der Waals surface area contributed by atoms with Crippen LogP contribution in [0.15, 0.2) is 18.2 Å². The molecule has 0 spiro atoms. The molecule has 4 unspecified atom stereocenters. The molecule has 1 N–H and O–H groups in total. The van der Waals surface area contributed by atoms with Gasteiger partial charge in [0, 0.05) is 6.04 Å². The van der Waals surface area contributed by atoms with Gasteiger partial charge in [0.15, 0.2) is 0 Å². The smallest absolute Gasteiger partial charge is 0.122 e. The fourth-order valence-electron chi connectivity index (χ4n) is 5.36. The summed E-state index contributed by atoms with van der Waals surface area (Å²) in [6.45, 7) is 4.40. The van der Waals surface area contributed by atoms with Gasteiger partial charge in [0.2, 0.25) is 0 Å². The average Bonchev–Trinajstić information content (AvgIpc) is 2.74. The molecule has 2 bridgehead atoms. The number of ether oxygens (including phenoxy) is 1. The summed E-state index contributed by atoms with van der Waals surface area (Å²) in [6.07, 6.45) is 4.55. The van der Waals surface area contributed by atoms with Gasteiger partial charge in [0.25, 0.3) is 0 Å². The summed E-state index contributed by atoms with van der Waals surface area (Å²) in [5, 5.41) is 11.7. The topological polar surface area (TPSA) is 32.7 Å². The number of hydrogen-bond donors (Lipinski definition) is 1.